The Hall–Kier alpha value is -1.36. The minimum absolute atomic E-state index is 0.0879. The predicted octanol–water partition coefficient (Wildman–Crippen LogP) is 1.12. The van der Waals surface area contributed by atoms with E-state index < -0.39 is 0 Å². The van der Waals surface area contributed by atoms with Gasteiger partial charge in [-0.2, -0.15) is 0 Å². The van der Waals surface area contributed by atoms with Crippen LogP contribution >= 0.6 is 0 Å². The van der Waals surface area contributed by atoms with Crippen molar-refractivity contribution in [1.82, 2.24) is 10.1 Å². The average molecular weight is 225 g/mol. The highest BCUT2D eigenvalue weighted by Gasteiger charge is 2.24. The van der Waals surface area contributed by atoms with Crippen LogP contribution in [0.15, 0.2) is 16.9 Å². The Balaban J connectivity index is 2.72. The summed E-state index contributed by atoms with van der Waals surface area (Å²) in [6.07, 6.45) is 1.40. The lowest BCUT2D eigenvalue weighted by molar-refractivity contribution is 0.0690. The molecule has 2 N–H and O–H groups in total. The molecular weight excluding hydrogens is 206 g/mol. The van der Waals surface area contributed by atoms with Gasteiger partial charge in [0.2, 0.25) is 0 Å². The second-order valence-corrected chi connectivity index (χ2v) is 4.57. The zero-order valence-electron chi connectivity index (χ0n) is 10.1. The largest absolute Gasteiger partial charge is 0.364 e. The predicted molar refractivity (Wildman–Crippen MR) is 60.9 cm³/mol. The molecule has 5 heteroatoms. The van der Waals surface area contributed by atoms with Gasteiger partial charge in [-0.15, -0.1) is 0 Å². The third-order valence-electron chi connectivity index (χ3n) is 2.50. The number of carbonyl (C=O) groups excluding carboxylic acids is 1. The molecule has 0 aliphatic carbocycles. The van der Waals surface area contributed by atoms with Gasteiger partial charge in [-0.1, -0.05) is 19.0 Å². The first-order chi connectivity index (χ1) is 7.50. The number of hydrogen-bond acceptors (Lipinski definition) is 4. The Morgan fingerprint density at radius 2 is 2.31 bits per heavy atom. The lowest BCUT2D eigenvalue weighted by Gasteiger charge is -2.30. The van der Waals surface area contributed by atoms with Crippen molar-refractivity contribution in [2.24, 2.45) is 11.1 Å². The quantitative estimate of drug-likeness (QED) is 0.815. The van der Waals surface area contributed by atoms with Gasteiger partial charge in [-0.05, 0) is 18.9 Å². The Morgan fingerprint density at radius 1 is 1.62 bits per heavy atom. The van der Waals surface area contributed by atoms with Crippen LogP contribution in [0, 0.1) is 5.41 Å². The Kier molecular flexibility index (Phi) is 4.06. The maximum atomic E-state index is 12.0. The van der Waals surface area contributed by atoms with Crippen molar-refractivity contribution >= 4 is 5.91 Å². The molecule has 0 atom stereocenters. The van der Waals surface area contributed by atoms with Crippen LogP contribution in [0.2, 0.25) is 0 Å². The van der Waals surface area contributed by atoms with Crippen molar-refractivity contribution < 1.29 is 9.32 Å². The van der Waals surface area contributed by atoms with E-state index in [4.69, 9.17) is 5.73 Å². The van der Waals surface area contributed by atoms with Crippen LogP contribution in [0.25, 0.3) is 0 Å². The van der Waals surface area contributed by atoms with Gasteiger partial charge in [-0.3, -0.25) is 4.79 Å². The van der Waals surface area contributed by atoms with E-state index in [9.17, 15) is 4.79 Å². The van der Waals surface area contributed by atoms with Crippen LogP contribution in [0.4, 0.5) is 0 Å². The zero-order valence-corrected chi connectivity index (χ0v) is 10.1. The van der Waals surface area contributed by atoms with E-state index in [0.717, 1.165) is 0 Å². The number of nitrogens with two attached hydrogens (primary N) is 1. The second-order valence-electron chi connectivity index (χ2n) is 4.57. The average Bonchev–Trinajstić information content (AvgIpc) is 2.78. The number of amides is 1. The van der Waals surface area contributed by atoms with Crippen molar-refractivity contribution in [3.63, 3.8) is 0 Å². The summed E-state index contributed by atoms with van der Waals surface area (Å²) >= 11 is 0. The first-order valence-corrected chi connectivity index (χ1v) is 5.40. The molecule has 0 saturated heterocycles. The standard InChI is InChI=1S/C11H19N3O2/c1-4-14(8-11(2,3)7-12)10(15)9-5-6-16-13-9/h5-6H,4,7-8,12H2,1-3H3. The van der Waals surface area contributed by atoms with Crippen LogP contribution in [0.5, 0.6) is 0 Å². The molecule has 0 fully saturated rings. The molecular formula is C11H19N3O2. The number of aromatic nitrogens is 1. The van der Waals surface area contributed by atoms with Crippen LogP contribution in [0.3, 0.4) is 0 Å². The maximum Gasteiger partial charge on any atom is 0.276 e. The summed E-state index contributed by atoms with van der Waals surface area (Å²) in [6.45, 7) is 7.79. The second kappa shape index (κ2) is 5.12. The molecule has 0 aromatic carbocycles. The van der Waals surface area contributed by atoms with Crippen molar-refractivity contribution in [3.8, 4) is 0 Å². The molecule has 0 saturated carbocycles. The van der Waals surface area contributed by atoms with Gasteiger partial charge in [0.15, 0.2) is 5.69 Å². The minimum Gasteiger partial charge on any atom is -0.364 e. The van der Waals surface area contributed by atoms with E-state index in [0.29, 0.717) is 25.3 Å². The molecule has 0 aliphatic rings. The molecule has 0 spiro atoms. The molecule has 0 bridgehead atoms. The smallest absolute Gasteiger partial charge is 0.276 e. The van der Waals surface area contributed by atoms with Crippen LogP contribution in [0.1, 0.15) is 31.3 Å². The van der Waals surface area contributed by atoms with Crippen molar-refractivity contribution in [2.75, 3.05) is 19.6 Å². The van der Waals surface area contributed by atoms with Gasteiger partial charge in [0.05, 0.1) is 0 Å². The molecule has 1 aromatic heterocycles. The molecule has 0 unspecified atom stereocenters. The molecule has 0 radical (unpaired) electrons. The minimum atomic E-state index is -0.113. The van der Waals surface area contributed by atoms with Crippen LogP contribution in [-0.4, -0.2) is 35.6 Å². The SMILES string of the molecule is CCN(CC(C)(C)CN)C(=O)c1ccon1. The van der Waals surface area contributed by atoms with Crippen LogP contribution in [-0.2, 0) is 0 Å². The summed E-state index contributed by atoms with van der Waals surface area (Å²) in [5.74, 6) is -0.113. The highest BCUT2D eigenvalue weighted by Crippen LogP contribution is 2.16. The summed E-state index contributed by atoms with van der Waals surface area (Å²) in [4.78, 5) is 13.7. The number of rotatable bonds is 5. The molecule has 5 nitrogen and oxygen atoms in total. The summed E-state index contributed by atoms with van der Waals surface area (Å²) < 4.78 is 4.66. The van der Waals surface area contributed by atoms with E-state index in [1.807, 2.05) is 20.8 Å². The monoisotopic (exact) mass is 225 g/mol. The third-order valence-corrected chi connectivity index (χ3v) is 2.50. The van der Waals surface area contributed by atoms with E-state index >= 15 is 0 Å². The number of nitrogens with zero attached hydrogens (tertiary/aromatic N) is 2. The Labute approximate surface area is 95.6 Å². The highest BCUT2D eigenvalue weighted by atomic mass is 16.5. The van der Waals surface area contributed by atoms with E-state index in [1.165, 1.54) is 6.26 Å². The van der Waals surface area contributed by atoms with Crippen LogP contribution < -0.4 is 5.73 Å². The topological polar surface area (TPSA) is 72.4 Å². The summed E-state index contributed by atoms with van der Waals surface area (Å²) in [5, 5.41) is 3.64. The first-order valence-electron chi connectivity index (χ1n) is 5.40. The van der Waals surface area contributed by atoms with Gasteiger partial charge in [0, 0.05) is 19.2 Å². The highest BCUT2D eigenvalue weighted by molar-refractivity contribution is 5.92. The number of hydrogen-bond donors (Lipinski definition) is 1. The third kappa shape index (κ3) is 3.06. The molecule has 16 heavy (non-hydrogen) atoms. The van der Waals surface area contributed by atoms with Gasteiger partial charge < -0.3 is 15.2 Å². The summed E-state index contributed by atoms with van der Waals surface area (Å²) in [6, 6.07) is 1.57. The van der Waals surface area contributed by atoms with Gasteiger partial charge in [-0.25, -0.2) is 0 Å². The normalized spacial score (nSPS) is 11.5. The van der Waals surface area contributed by atoms with E-state index in [1.54, 1.807) is 11.0 Å². The summed E-state index contributed by atoms with van der Waals surface area (Å²) in [7, 11) is 0. The molecule has 1 rings (SSSR count). The first kappa shape index (κ1) is 12.7. The number of carbonyl (C=O) groups is 1. The van der Waals surface area contributed by atoms with Gasteiger partial charge >= 0.3 is 0 Å². The van der Waals surface area contributed by atoms with Crippen molar-refractivity contribution in [2.45, 2.75) is 20.8 Å². The lowest BCUT2D eigenvalue weighted by atomic mass is 9.93. The van der Waals surface area contributed by atoms with Gasteiger partial charge in [0.1, 0.15) is 6.26 Å². The fourth-order valence-electron chi connectivity index (χ4n) is 1.39. The van der Waals surface area contributed by atoms with E-state index in [-0.39, 0.29) is 11.3 Å². The lowest BCUT2D eigenvalue weighted by Crippen LogP contribution is -2.42. The fourth-order valence-corrected chi connectivity index (χ4v) is 1.39. The zero-order chi connectivity index (χ0) is 12.2. The van der Waals surface area contributed by atoms with Crippen molar-refractivity contribution in [1.29, 1.82) is 0 Å². The Bertz CT molecular complexity index is 333. The molecule has 1 aromatic rings. The maximum absolute atomic E-state index is 12.0. The van der Waals surface area contributed by atoms with Gasteiger partial charge in [0.25, 0.3) is 5.91 Å². The molecule has 1 heterocycles. The summed E-state index contributed by atoms with van der Waals surface area (Å²) in [5.41, 5.74) is 5.91. The van der Waals surface area contributed by atoms with E-state index in [2.05, 4.69) is 9.68 Å². The van der Waals surface area contributed by atoms with Crippen molar-refractivity contribution in [3.05, 3.63) is 18.0 Å². The molecule has 90 valence electrons. The fraction of sp³-hybridized carbons (Fsp3) is 0.636. The molecule has 0 aliphatic heterocycles. The molecule has 1 amide bonds. The Morgan fingerprint density at radius 3 is 2.75 bits per heavy atom.